The second-order valence-electron chi connectivity index (χ2n) is 6.62. The summed E-state index contributed by atoms with van der Waals surface area (Å²) in [4.78, 5) is 28.8. The Bertz CT molecular complexity index is 567. The molecular formula is C18H24N2O2. The van der Waals surface area contributed by atoms with E-state index in [1.165, 1.54) is 12.0 Å². The fourth-order valence-corrected chi connectivity index (χ4v) is 3.51. The van der Waals surface area contributed by atoms with Crippen LogP contribution in [-0.2, 0) is 9.59 Å². The summed E-state index contributed by atoms with van der Waals surface area (Å²) < 4.78 is 0. The van der Waals surface area contributed by atoms with Crippen LogP contribution in [0.25, 0.3) is 0 Å². The average Bonchev–Trinajstić information content (AvgIpc) is 2.90. The topological polar surface area (TPSA) is 40.6 Å². The van der Waals surface area contributed by atoms with E-state index in [0.717, 1.165) is 25.1 Å². The maximum atomic E-state index is 12.7. The Morgan fingerprint density at radius 3 is 2.59 bits per heavy atom. The summed E-state index contributed by atoms with van der Waals surface area (Å²) in [6, 6.07) is 8.24. The van der Waals surface area contributed by atoms with Crippen LogP contribution in [0, 0.1) is 12.8 Å². The summed E-state index contributed by atoms with van der Waals surface area (Å²) in [6.07, 6.45) is 3.70. The van der Waals surface area contributed by atoms with Crippen molar-refractivity contribution >= 4 is 17.5 Å². The molecule has 0 N–H and O–H groups in total. The van der Waals surface area contributed by atoms with Gasteiger partial charge in [-0.1, -0.05) is 17.7 Å². The second-order valence-corrected chi connectivity index (χ2v) is 6.62. The van der Waals surface area contributed by atoms with Crippen LogP contribution in [-0.4, -0.2) is 35.8 Å². The van der Waals surface area contributed by atoms with Crippen LogP contribution < -0.4 is 4.90 Å². The first kappa shape index (κ1) is 15.1. The highest BCUT2D eigenvalue weighted by Gasteiger charge is 2.38. The molecule has 3 rings (SSSR count). The number of anilines is 1. The van der Waals surface area contributed by atoms with Crippen molar-refractivity contribution in [2.75, 3.05) is 18.0 Å². The highest BCUT2D eigenvalue weighted by Crippen LogP contribution is 2.28. The van der Waals surface area contributed by atoms with Gasteiger partial charge >= 0.3 is 0 Å². The number of nitrogens with zero attached hydrogens (tertiary/aromatic N) is 2. The van der Waals surface area contributed by atoms with Gasteiger partial charge in [0.1, 0.15) is 0 Å². The summed E-state index contributed by atoms with van der Waals surface area (Å²) in [5.41, 5.74) is 2.07. The Morgan fingerprint density at radius 2 is 1.91 bits per heavy atom. The van der Waals surface area contributed by atoms with E-state index in [4.69, 9.17) is 0 Å². The van der Waals surface area contributed by atoms with Crippen molar-refractivity contribution < 1.29 is 9.59 Å². The smallest absolute Gasteiger partial charge is 0.228 e. The second kappa shape index (κ2) is 6.11. The van der Waals surface area contributed by atoms with Crippen LogP contribution in [0.5, 0.6) is 0 Å². The van der Waals surface area contributed by atoms with Gasteiger partial charge < -0.3 is 9.80 Å². The van der Waals surface area contributed by atoms with Crippen molar-refractivity contribution in [3.8, 4) is 0 Å². The molecule has 0 bridgehead atoms. The van der Waals surface area contributed by atoms with Gasteiger partial charge in [0.05, 0.1) is 5.92 Å². The molecule has 2 fully saturated rings. The maximum Gasteiger partial charge on any atom is 0.228 e. The van der Waals surface area contributed by atoms with Gasteiger partial charge in [0.15, 0.2) is 0 Å². The monoisotopic (exact) mass is 300 g/mol. The molecule has 2 saturated heterocycles. The largest absolute Gasteiger partial charge is 0.340 e. The van der Waals surface area contributed by atoms with E-state index in [9.17, 15) is 9.59 Å². The number of hydrogen-bond acceptors (Lipinski definition) is 2. The van der Waals surface area contributed by atoms with E-state index in [-0.39, 0.29) is 17.7 Å². The fraction of sp³-hybridized carbons (Fsp3) is 0.556. The molecule has 4 heteroatoms. The fourth-order valence-electron chi connectivity index (χ4n) is 3.51. The van der Waals surface area contributed by atoms with Gasteiger partial charge in [-0.2, -0.15) is 0 Å². The van der Waals surface area contributed by atoms with Gasteiger partial charge in [-0.05, 0) is 45.2 Å². The predicted octanol–water partition coefficient (Wildman–Crippen LogP) is 2.75. The van der Waals surface area contributed by atoms with Gasteiger partial charge in [-0.3, -0.25) is 9.59 Å². The quantitative estimate of drug-likeness (QED) is 0.842. The lowest BCUT2D eigenvalue weighted by Crippen LogP contribution is -2.45. The first-order valence-electron chi connectivity index (χ1n) is 8.24. The van der Waals surface area contributed by atoms with Crippen molar-refractivity contribution in [3.05, 3.63) is 29.8 Å². The minimum atomic E-state index is -0.186. The SMILES string of the molecule is Cc1ccc(N2C[C@H](C(=O)N3CCCC[C@H]3C)CC2=O)cc1. The highest BCUT2D eigenvalue weighted by atomic mass is 16.2. The first-order valence-corrected chi connectivity index (χ1v) is 8.24. The summed E-state index contributed by atoms with van der Waals surface area (Å²) in [5.74, 6) is 0.0383. The Balaban J connectivity index is 1.71. The minimum absolute atomic E-state index is 0.0619. The van der Waals surface area contributed by atoms with Gasteiger partial charge in [-0.25, -0.2) is 0 Å². The zero-order valence-corrected chi connectivity index (χ0v) is 13.4. The van der Waals surface area contributed by atoms with Crippen molar-refractivity contribution in [1.82, 2.24) is 4.90 Å². The lowest BCUT2D eigenvalue weighted by molar-refractivity contribution is -0.139. The molecule has 22 heavy (non-hydrogen) atoms. The number of carbonyl (C=O) groups is 2. The molecule has 0 radical (unpaired) electrons. The molecule has 2 amide bonds. The predicted molar refractivity (Wildman–Crippen MR) is 86.7 cm³/mol. The Hall–Kier alpha value is -1.84. The molecule has 0 aliphatic carbocycles. The normalized spacial score (nSPS) is 25.6. The van der Waals surface area contributed by atoms with Gasteiger partial charge in [0, 0.05) is 31.2 Å². The minimum Gasteiger partial charge on any atom is -0.340 e. The van der Waals surface area contributed by atoms with Crippen molar-refractivity contribution in [3.63, 3.8) is 0 Å². The van der Waals surface area contributed by atoms with Crippen LogP contribution in [0.4, 0.5) is 5.69 Å². The molecule has 2 heterocycles. The Morgan fingerprint density at radius 1 is 1.18 bits per heavy atom. The number of rotatable bonds is 2. The number of carbonyl (C=O) groups excluding carboxylic acids is 2. The van der Waals surface area contributed by atoms with Gasteiger partial charge in [0.25, 0.3) is 0 Å². The van der Waals surface area contributed by atoms with E-state index in [2.05, 4.69) is 6.92 Å². The molecule has 0 aromatic heterocycles. The molecular weight excluding hydrogens is 276 g/mol. The molecule has 0 saturated carbocycles. The summed E-state index contributed by atoms with van der Waals surface area (Å²) >= 11 is 0. The van der Waals surface area contributed by atoms with Crippen molar-refractivity contribution in [2.24, 2.45) is 5.92 Å². The third kappa shape index (κ3) is 2.87. The summed E-state index contributed by atoms with van der Waals surface area (Å²) in [7, 11) is 0. The standard InChI is InChI=1S/C18H24N2O2/c1-13-6-8-16(9-7-13)20-12-15(11-17(20)21)18(22)19-10-4-3-5-14(19)2/h6-9,14-15H,3-5,10-12H2,1-2H3/t14-,15-/m1/s1. The van der Waals surface area contributed by atoms with Crippen molar-refractivity contribution in [1.29, 1.82) is 0 Å². The average molecular weight is 300 g/mol. The molecule has 2 atom stereocenters. The number of hydrogen-bond donors (Lipinski definition) is 0. The Labute approximate surface area is 132 Å². The summed E-state index contributed by atoms with van der Waals surface area (Å²) in [5, 5.41) is 0. The number of aryl methyl sites for hydroxylation is 1. The van der Waals surface area contributed by atoms with Gasteiger partial charge in [0.2, 0.25) is 11.8 Å². The van der Waals surface area contributed by atoms with E-state index >= 15 is 0 Å². The van der Waals surface area contributed by atoms with E-state index < -0.39 is 0 Å². The molecule has 0 unspecified atom stereocenters. The Kier molecular flexibility index (Phi) is 4.19. The molecule has 2 aliphatic heterocycles. The van der Waals surface area contributed by atoms with Crippen LogP contribution >= 0.6 is 0 Å². The van der Waals surface area contributed by atoms with E-state index in [1.54, 1.807) is 4.90 Å². The first-order chi connectivity index (χ1) is 10.6. The molecule has 2 aliphatic rings. The van der Waals surface area contributed by atoms with Crippen LogP contribution in [0.3, 0.4) is 0 Å². The zero-order chi connectivity index (χ0) is 15.7. The number of benzene rings is 1. The molecule has 1 aromatic rings. The molecule has 118 valence electrons. The molecule has 4 nitrogen and oxygen atoms in total. The maximum absolute atomic E-state index is 12.7. The van der Waals surface area contributed by atoms with Gasteiger partial charge in [-0.15, -0.1) is 0 Å². The van der Waals surface area contributed by atoms with Crippen LogP contribution in [0.15, 0.2) is 24.3 Å². The van der Waals surface area contributed by atoms with Crippen LogP contribution in [0.2, 0.25) is 0 Å². The lowest BCUT2D eigenvalue weighted by Gasteiger charge is -2.35. The van der Waals surface area contributed by atoms with Crippen molar-refractivity contribution in [2.45, 2.75) is 45.6 Å². The number of amides is 2. The zero-order valence-electron chi connectivity index (χ0n) is 13.4. The molecule has 0 spiro atoms. The molecule has 1 aromatic carbocycles. The van der Waals surface area contributed by atoms with E-state index in [1.807, 2.05) is 36.1 Å². The van der Waals surface area contributed by atoms with E-state index in [0.29, 0.717) is 19.0 Å². The third-order valence-corrected chi connectivity index (χ3v) is 4.91. The summed E-state index contributed by atoms with van der Waals surface area (Å²) in [6.45, 7) is 5.50. The third-order valence-electron chi connectivity index (χ3n) is 4.91. The van der Waals surface area contributed by atoms with Crippen LogP contribution in [0.1, 0.15) is 38.2 Å². The highest BCUT2D eigenvalue weighted by molar-refractivity contribution is 6.00. The number of piperidine rings is 1. The lowest BCUT2D eigenvalue weighted by atomic mass is 9.99. The number of likely N-dealkylation sites (tertiary alicyclic amines) is 1.